The molecule has 0 radical (unpaired) electrons. The van der Waals surface area contributed by atoms with Gasteiger partial charge in [-0.05, 0) is 18.5 Å². The maximum Gasteiger partial charge on any atom is 0.227 e. The molecule has 11 heavy (non-hydrogen) atoms. The largest absolute Gasteiger partial charge is 0.227 e. The molecule has 0 spiro atoms. The number of rotatable bonds is 0. The van der Waals surface area contributed by atoms with E-state index >= 15 is 0 Å². The molecule has 1 rings (SSSR count). The van der Waals surface area contributed by atoms with E-state index in [1.165, 1.54) is 0 Å². The first-order valence-electron chi connectivity index (χ1n) is 3.87. The van der Waals surface area contributed by atoms with Crippen LogP contribution < -0.4 is 0 Å². The van der Waals surface area contributed by atoms with E-state index in [-0.39, 0.29) is 5.95 Å². The number of halogens is 1. The van der Waals surface area contributed by atoms with Gasteiger partial charge in [-0.1, -0.05) is 27.7 Å². The van der Waals surface area contributed by atoms with Crippen molar-refractivity contribution in [3.8, 4) is 0 Å². The van der Waals surface area contributed by atoms with E-state index in [1.807, 2.05) is 27.7 Å². The highest BCUT2D eigenvalue weighted by molar-refractivity contribution is 7.03. The molecular formula is C8H16FNS. The van der Waals surface area contributed by atoms with Gasteiger partial charge in [0.15, 0.2) is 0 Å². The Balaban J connectivity index is 0. The highest BCUT2D eigenvalue weighted by Gasteiger charge is 1.94. The molecule has 1 nitrogen and oxygen atoms in total. The van der Waals surface area contributed by atoms with E-state index in [2.05, 4.69) is 4.37 Å². The van der Waals surface area contributed by atoms with Crippen molar-refractivity contribution < 1.29 is 4.39 Å². The predicted molar refractivity (Wildman–Crippen MR) is 49.5 cm³/mol. The molecule has 0 unspecified atom stereocenters. The molecule has 0 N–H and O–H groups in total. The molecule has 3 heteroatoms. The lowest BCUT2D eigenvalue weighted by atomic mass is 10.4. The Labute approximate surface area is 72.4 Å². The molecule has 0 saturated heterocycles. The number of hydrogen-bond acceptors (Lipinski definition) is 2. The van der Waals surface area contributed by atoms with Gasteiger partial charge in [0.05, 0.1) is 0 Å². The fraction of sp³-hybridized carbons (Fsp3) is 0.625. The van der Waals surface area contributed by atoms with Crippen molar-refractivity contribution in [2.75, 3.05) is 0 Å². The molecule has 0 fully saturated rings. The molecule has 0 bridgehead atoms. The Hall–Kier alpha value is -0.440. The third-order valence-corrected chi connectivity index (χ3v) is 1.41. The summed E-state index contributed by atoms with van der Waals surface area (Å²) in [4.78, 5) is 0. The zero-order valence-electron chi connectivity index (χ0n) is 7.81. The number of aromatic nitrogens is 1. The van der Waals surface area contributed by atoms with Crippen molar-refractivity contribution >= 4 is 11.5 Å². The second-order valence-corrected chi connectivity index (χ2v) is 1.92. The van der Waals surface area contributed by atoms with Crippen molar-refractivity contribution in [3.05, 3.63) is 16.9 Å². The Kier molecular flexibility index (Phi) is 11.4. The molecule has 0 saturated carbocycles. The third kappa shape index (κ3) is 5.98. The number of hydrogen-bond donors (Lipinski definition) is 0. The van der Waals surface area contributed by atoms with Crippen molar-refractivity contribution in [3.63, 3.8) is 0 Å². The summed E-state index contributed by atoms with van der Waals surface area (Å²) in [5, 5.41) is 1.68. The van der Waals surface area contributed by atoms with Crippen LogP contribution in [0.1, 0.15) is 33.3 Å². The Morgan fingerprint density at radius 2 is 1.73 bits per heavy atom. The van der Waals surface area contributed by atoms with Crippen molar-refractivity contribution in [1.29, 1.82) is 0 Å². The summed E-state index contributed by atoms with van der Waals surface area (Å²) in [7, 11) is 0. The first-order chi connectivity index (χ1) is 5.30. The summed E-state index contributed by atoms with van der Waals surface area (Å²) in [5.74, 6) is -0.343. The van der Waals surface area contributed by atoms with Gasteiger partial charge in [0, 0.05) is 10.9 Å². The lowest BCUT2D eigenvalue weighted by Gasteiger charge is -1.72. The van der Waals surface area contributed by atoms with Gasteiger partial charge in [-0.15, -0.1) is 0 Å². The highest BCUT2D eigenvalue weighted by atomic mass is 32.1. The van der Waals surface area contributed by atoms with Gasteiger partial charge < -0.3 is 0 Å². The van der Waals surface area contributed by atoms with E-state index in [9.17, 15) is 4.39 Å². The van der Waals surface area contributed by atoms with Gasteiger partial charge in [0.25, 0.3) is 0 Å². The van der Waals surface area contributed by atoms with Gasteiger partial charge in [0.2, 0.25) is 5.95 Å². The zero-order chi connectivity index (χ0) is 9.28. The van der Waals surface area contributed by atoms with Crippen LogP contribution in [0.4, 0.5) is 4.39 Å². The highest BCUT2D eigenvalue weighted by Crippen LogP contribution is 2.04. The van der Waals surface area contributed by atoms with Crippen LogP contribution in [0, 0.1) is 12.9 Å². The minimum atomic E-state index is -0.343. The molecular weight excluding hydrogens is 161 g/mol. The van der Waals surface area contributed by atoms with E-state index in [0.717, 1.165) is 11.5 Å². The Bertz CT molecular complexity index is 146. The average molecular weight is 177 g/mol. The van der Waals surface area contributed by atoms with Crippen LogP contribution in [-0.2, 0) is 0 Å². The minimum Gasteiger partial charge on any atom is -0.184 e. The monoisotopic (exact) mass is 177 g/mol. The summed E-state index contributed by atoms with van der Waals surface area (Å²) in [6.07, 6.45) is 0. The standard InChI is InChI=1S/C4H4FNS.2C2H6/c1-3-2-7-6-4(3)5;2*1-2/h2H,1H3;2*1-2H3. The normalized spacial score (nSPS) is 7.09. The topological polar surface area (TPSA) is 12.9 Å². The van der Waals surface area contributed by atoms with Gasteiger partial charge in [-0.2, -0.15) is 8.76 Å². The van der Waals surface area contributed by atoms with E-state index < -0.39 is 0 Å². The number of aryl methyl sites for hydroxylation is 1. The molecule has 0 aliphatic heterocycles. The fourth-order valence-electron chi connectivity index (χ4n) is 0.272. The Morgan fingerprint density at radius 3 is 1.82 bits per heavy atom. The molecule has 1 aromatic rings. The lowest BCUT2D eigenvalue weighted by molar-refractivity contribution is 0.589. The van der Waals surface area contributed by atoms with Crippen LogP contribution in [0.25, 0.3) is 0 Å². The second-order valence-electron chi connectivity index (χ2n) is 1.29. The molecule has 66 valence electrons. The van der Waals surface area contributed by atoms with Crippen molar-refractivity contribution in [2.45, 2.75) is 34.6 Å². The van der Waals surface area contributed by atoms with Crippen LogP contribution in [0.15, 0.2) is 5.38 Å². The Morgan fingerprint density at radius 1 is 1.27 bits per heavy atom. The second kappa shape index (κ2) is 9.56. The maximum absolute atomic E-state index is 12.0. The average Bonchev–Trinajstić information content (AvgIpc) is 2.44. The minimum absolute atomic E-state index is 0.343. The smallest absolute Gasteiger partial charge is 0.184 e. The summed E-state index contributed by atoms with van der Waals surface area (Å²) >= 11 is 1.14. The molecule has 0 amide bonds. The first-order valence-corrected chi connectivity index (χ1v) is 4.71. The third-order valence-electron chi connectivity index (χ3n) is 0.688. The SMILES string of the molecule is CC.CC.Cc1csnc1F. The predicted octanol–water partition coefficient (Wildman–Crippen LogP) is 3.64. The molecule has 1 heterocycles. The van der Waals surface area contributed by atoms with Crippen LogP contribution in [-0.4, -0.2) is 4.37 Å². The molecule has 0 aliphatic carbocycles. The number of nitrogens with zero attached hydrogens (tertiary/aromatic N) is 1. The van der Waals surface area contributed by atoms with Crippen molar-refractivity contribution in [2.24, 2.45) is 0 Å². The van der Waals surface area contributed by atoms with Crippen LogP contribution in [0.5, 0.6) is 0 Å². The summed E-state index contributed by atoms with van der Waals surface area (Å²) in [5.41, 5.74) is 0.630. The van der Waals surface area contributed by atoms with E-state index in [0.29, 0.717) is 5.56 Å². The molecule has 1 aromatic heterocycles. The van der Waals surface area contributed by atoms with E-state index in [4.69, 9.17) is 0 Å². The van der Waals surface area contributed by atoms with Gasteiger partial charge in [0.1, 0.15) is 0 Å². The zero-order valence-corrected chi connectivity index (χ0v) is 8.63. The van der Waals surface area contributed by atoms with Crippen LogP contribution in [0.2, 0.25) is 0 Å². The summed E-state index contributed by atoms with van der Waals surface area (Å²) in [6.45, 7) is 9.69. The molecule has 0 aliphatic rings. The van der Waals surface area contributed by atoms with Gasteiger partial charge in [-0.3, -0.25) is 0 Å². The van der Waals surface area contributed by atoms with Crippen LogP contribution in [0.3, 0.4) is 0 Å². The first kappa shape index (κ1) is 13.2. The van der Waals surface area contributed by atoms with Gasteiger partial charge >= 0.3 is 0 Å². The van der Waals surface area contributed by atoms with Crippen LogP contribution >= 0.6 is 11.5 Å². The maximum atomic E-state index is 12.0. The van der Waals surface area contributed by atoms with Crippen molar-refractivity contribution in [1.82, 2.24) is 4.37 Å². The summed E-state index contributed by atoms with van der Waals surface area (Å²) < 4.78 is 15.4. The molecule has 0 aromatic carbocycles. The quantitative estimate of drug-likeness (QED) is 0.589. The summed E-state index contributed by atoms with van der Waals surface area (Å²) in [6, 6.07) is 0. The van der Waals surface area contributed by atoms with Gasteiger partial charge in [-0.25, -0.2) is 0 Å². The lowest BCUT2D eigenvalue weighted by Crippen LogP contribution is -1.70. The van der Waals surface area contributed by atoms with E-state index in [1.54, 1.807) is 12.3 Å². The fourth-order valence-corrected chi connectivity index (χ4v) is 0.817. The molecule has 0 atom stereocenters.